The van der Waals surface area contributed by atoms with Crippen LogP contribution in [-0.4, -0.2) is 33.7 Å². The number of nitrogens with one attached hydrogen (secondary N) is 2. The molecule has 142 valence electrons. The molecule has 0 radical (unpaired) electrons. The Labute approximate surface area is 152 Å². The Morgan fingerprint density at radius 2 is 1.96 bits per heavy atom. The average Bonchev–Trinajstić information content (AvgIpc) is 2.58. The molecule has 0 fully saturated rings. The van der Waals surface area contributed by atoms with Crippen molar-refractivity contribution in [2.75, 3.05) is 6.61 Å². The predicted octanol–water partition coefficient (Wildman–Crippen LogP) is 1.52. The summed E-state index contributed by atoms with van der Waals surface area (Å²) in [7, 11) is 0. The predicted molar refractivity (Wildman–Crippen MR) is 93.9 cm³/mol. The number of fused-ring (bicyclic) bond motifs is 1. The number of carbonyl (C=O) groups excluding carboxylic acids is 1. The molecule has 10 heteroatoms. The maximum Gasteiger partial charge on any atom is 0.328 e. The third-order valence-electron chi connectivity index (χ3n) is 3.89. The van der Waals surface area contributed by atoms with E-state index in [1.807, 2.05) is 36.8 Å². The van der Waals surface area contributed by atoms with Crippen molar-refractivity contribution in [3.8, 4) is 17.4 Å². The molecule has 3 rings (SSSR count). The fourth-order valence-corrected chi connectivity index (χ4v) is 2.38. The van der Waals surface area contributed by atoms with E-state index in [1.54, 1.807) is 12.1 Å². The van der Waals surface area contributed by atoms with Crippen LogP contribution in [0.2, 0.25) is 0 Å². The van der Waals surface area contributed by atoms with Gasteiger partial charge in [-0.15, -0.1) is 10.2 Å². The summed E-state index contributed by atoms with van der Waals surface area (Å²) in [6, 6.07) is 5.50. The Morgan fingerprint density at radius 1 is 1.22 bits per heavy atom. The Bertz CT molecular complexity index is 1030. The topological polar surface area (TPSA) is 146 Å². The molecular formula is C17H18N4O6. The molecule has 0 spiro atoms. The van der Waals surface area contributed by atoms with Gasteiger partial charge in [0.25, 0.3) is 5.56 Å². The van der Waals surface area contributed by atoms with Crippen LogP contribution in [0.25, 0.3) is 0 Å². The largest absolute Gasteiger partial charge is 0.493 e. The zero-order chi connectivity index (χ0) is 19.8. The Balaban J connectivity index is 1.80. The van der Waals surface area contributed by atoms with E-state index in [2.05, 4.69) is 10.2 Å². The molecule has 1 aromatic carbocycles. The molecule has 10 nitrogen and oxygen atoms in total. The van der Waals surface area contributed by atoms with E-state index in [0.29, 0.717) is 11.5 Å². The number of hydrogen-bond acceptors (Lipinski definition) is 7. The minimum absolute atomic E-state index is 0.0757. The number of aromatic hydroxyl groups is 1. The summed E-state index contributed by atoms with van der Waals surface area (Å²) < 4.78 is 11.2. The maximum absolute atomic E-state index is 12.2. The number of hydrogen-bond donors (Lipinski definition) is 3. The third kappa shape index (κ3) is 3.89. The molecule has 2 heterocycles. The average molecular weight is 374 g/mol. The van der Waals surface area contributed by atoms with Gasteiger partial charge in [-0.1, -0.05) is 26.8 Å². The summed E-state index contributed by atoms with van der Waals surface area (Å²) in [5, 5.41) is 16.3. The van der Waals surface area contributed by atoms with Crippen molar-refractivity contribution >= 4 is 11.6 Å². The highest BCUT2D eigenvalue weighted by Gasteiger charge is 2.29. The number of ether oxygens (including phenoxy) is 2. The van der Waals surface area contributed by atoms with Crippen LogP contribution in [0.3, 0.4) is 0 Å². The van der Waals surface area contributed by atoms with Crippen LogP contribution < -0.4 is 20.7 Å². The number of carbonyl (C=O) groups is 1. The summed E-state index contributed by atoms with van der Waals surface area (Å²) >= 11 is 0. The van der Waals surface area contributed by atoms with Crippen LogP contribution in [0, 0.1) is 0 Å². The van der Waals surface area contributed by atoms with Crippen molar-refractivity contribution in [2.45, 2.75) is 32.3 Å². The lowest BCUT2D eigenvalue weighted by Gasteiger charge is -2.27. The monoisotopic (exact) mass is 374 g/mol. The lowest BCUT2D eigenvalue weighted by molar-refractivity contribution is -0.127. The fraction of sp³-hybridized carbons (Fsp3) is 0.353. The van der Waals surface area contributed by atoms with Gasteiger partial charge >= 0.3 is 11.6 Å². The molecule has 1 atom stereocenters. The van der Waals surface area contributed by atoms with Crippen molar-refractivity contribution < 1.29 is 19.4 Å². The molecule has 1 aliphatic rings. The molecule has 0 saturated carbocycles. The number of nitrogens with zero attached hydrogens (tertiary/aromatic N) is 2. The second kappa shape index (κ2) is 6.71. The summed E-state index contributed by atoms with van der Waals surface area (Å²) in [4.78, 5) is 38.6. The number of benzene rings is 1. The lowest BCUT2D eigenvalue weighted by Crippen LogP contribution is -2.35. The van der Waals surface area contributed by atoms with Gasteiger partial charge in [0.1, 0.15) is 6.61 Å². The molecule has 1 aromatic heterocycles. The van der Waals surface area contributed by atoms with E-state index in [9.17, 15) is 19.5 Å². The summed E-state index contributed by atoms with van der Waals surface area (Å²) in [6.45, 7) is 6.06. The summed E-state index contributed by atoms with van der Waals surface area (Å²) in [6.07, 6.45) is -1.06. The minimum Gasteiger partial charge on any atom is -0.493 e. The Hall–Kier alpha value is -3.43. The Morgan fingerprint density at radius 3 is 2.63 bits per heavy atom. The first kappa shape index (κ1) is 18.4. The van der Waals surface area contributed by atoms with Gasteiger partial charge in [0.15, 0.2) is 11.5 Å². The SMILES string of the molecule is CC(C)(C)c1ccc2c(c1)O[C@@H](C(=O)N=Nc1c(O)[nH]c(=O)[nH]c1=O)CO2. The van der Waals surface area contributed by atoms with Crippen molar-refractivity contribution in [2.24, 2.45) is 10.2 Å². The van der Waals surface area contributed by atoms with Gasteiger partial charge in [-0.05, 0) is 23.1 Å². The van der Waals surface area contributed by atoms with Crippen molar-refractivity contribution in [3.05, 3.63) is 44.6 Å². The first-order valence-electron chi connectivity index (χ1n) is 8.10. The lowest BCUT2D eigenvalue weighted by atomic mass is 9.87. The normalized spacial score (nSPS) is 16.5. The summed E-state index contributed by atoms with van der Waals surface area (Å²) in [5.41, 5.74) is -1.58. The van der Waals surface area contributed by atoms with Crippen LogP contribution in [-0.2, 0) is 10.2 Å². The number of azo groups is 1. The second-order valence-electron chi connectivity index (χ2n) is 6.97. The number of aromatic amines is 2. The van der Waals surface area contributed by atoms with Gasteiger partial charge < -0.3 is 14.6 Å². The van der Waals surface area contributed by atoms with Crippen LogP contribution in [0.1, 0.15) is 26.3 Å². The number of aromatic nitrogens is 2. The molecule has 0 saturated heterocycles. The van der Waals surface area contributed by atoms with Gasteiger partial charge in [0.05, 0.1) is 0 Å². The third-order valence-corrected chi connectivity index (χ3v) is 3.89. The fourth-order valence-electron chi connectivity index (χ4n) is 2.38. The van der Waals surface area contributed by atoms with E-state index in [1.165, 1.54) is 0 Å². The molecule has 1 aliphatic heterocycles. The smallest absolute Gasteiger partial charge is 0.328 e. The molecule has 0 bridgehead atoms. The van der Waals surface area contributed by atoms with E-state index >= 15 is 0 Å². The molecule has 0 unspecified atom stereocenters. The molecule has 0 aliphatic carbocycles. The first-order chi connectivity index (χ1) is 12.6. The van der Waals surface area contributed by atoms with Crippen molar-refractivity contribution in [1.29, 1.82) is 0 Å². The van der Waals surface area contributed by atoms with E-state index in [4.69, 9.17) is 9.47 Å². The van der Waals surface area contributed by atoms with Crippen LogP contribution in [0.5, 0.6) is 17.4 Å². The number of amides is 1. The van der Waals surface area contributed by atoms with E-state index in [0.717, 1.165) is 5.56 Å². The maximum atomic E-state index is 12.2. The van der Waals surface area contributed by atoms with Gasteiger partial charge in [0, 0.05) is 0 Å². The van der Waals surface area contributed by atoms with Crippen LogP contribution in [0.15, 0.2) is 38.0 Å². The minimum atomic E-state index is -1.06. The van der Waals surface area contributed by atoms with Gasteiger partial charge in [-0.25, -0.2) is 4.79 Å². The molecular weight excluding hydrogens is 356 g/mol. The highest BCUT2D eigenvalue weighted by atomic mass is 16.6. The van der Waals surface area contributed by atoms with E-state index in [-0.39, 0.29) is 12.0 Å². The summed E-state index contributed by atoms with van der Waals surface area (Å²) in [5.74, 6) is -0.668. The first-order valence-corrected chi connectivity index (χ1v) is 8.10. The second-order valence-corrected chi connectivity index (χ2v) is 6.97. The Kier molecular flexibility index (Phi) is 4.56. The van der Waals surface area contributed by atoms with Crippen molar-refractivity contribution in [1.82, 2.24) is 9.97 Å². The quantitative estimate of drug-likeness (QED) is 0.679. The van der Waals surface area contributed by atoms with Crippen molar-refractivity contribution in [3.63, 3.8) is 0 Å². The van der Waals surface area contributed by atoms with Crippen LogP contribution >= 0.6 is 0 Å². The molecule has 27 heavy (non-hydrogen) atoms. The molecule has 2 aromatic rings. The molecule has 1 amide bonds. The molecule has 3 N–H and O–H groups in total. The number of rotatable bonds is 2. The van der Waals surface area contributed by atoms with Gasteiger partial charge in [-0.2, -0.15) is 0 Å². The van der Waals surface area contributed by atoms with Gasteiger partial charge in [-0.3, -0.25) is 19.6 Å². The van der Waals surface area contributed by atoms with E-state index < -0.39 is 34.8 Å². The van der Waals surface area contributed by atoms with Crippen LogP contribution in [0.4, 0.5) is 5.69 Å². The highest BCUT2D eigenvalue weighted by Crippen LogP contribution is 2.36. The number of H-pyrrole nitrogens is 2. The van der Waals surface area contributed by atoms with Gasteiger partial charge in [0.2, 0.25) is 17.7 Å². The zero-order valence-electron chi connectivity index (χ0n) is 14.9. The highest BCUT2D eigenvalue weighted by molar-refractivity contribution is 5.82. The zero-order valence-corrected chi connectivity index (χ0v) is 14.9. The standard InChI is InChI=1S/C17H18N4O6/c1-17(2,3)8-4-5-9-10(6-8)27-11(7-26-9)13(22)21-20-12-14(23)18-16(25)19-15(12)24/h4-6,11H,7H2,1-3H3,(H3,18,19,23,24,25)/t11-/m1/s1.